The third-order valence-corrected chi connectivity index (χ3v) is 6.12. The number of anilines is 1. The minimum Gasteiger partial charge on any atom is -0.493 e. The van der Waals surface area contributed by atoms with Crippen molar-refractivity contribution in [2.24, 2.45) is 0 Å². The van der Waals surface area contributed by atoms with Gasteiger partial charge in [-0.3, -0.25) is 4.79 Å². The fourth-order valence-corrected chi connectivity index (χ4v) is 4.64. The third kappa shape index (κ3) is 4.18. The van der Waals surface area contributed by atoms with Crippen LogP contribution < -0.4 is 14.8 Å². The molecule has 1 aromatic heterocycles. The van der Waals surface area contributed by atoms with E-state index < -0.39 is 0 Å². The normalized spacial score (nSPS) is 12.9. The molecule has 0 aliphatic heterocycles. The van der Waals surface area contributed by atoms with Crippen LogP contribution >= 0.6 is 0 Å². The van der Waals surface area contributed by atoms with Gasteiger partial charge in [0, 0.05) is 24.0 Å². The van der Waals surface area contributed by atoms with Crippen molar-refractivity contribution >= 4 is 11.6 Å². The number of hydrogen-bond donors (Lipinski definition) is 1. The second-order valence-corrected chi connectivity index (χ2v) is 8.21. The van der Waals surface area contributed by atoms with Crippen molar-refractivity contribution in [2.75, 3.05) is 19.5 Å². The highest BCUT2D eigenvalue weighted by Gasteiger charge is 2.26. The molecule has 0 spiro atoms. The summed E-state index contributed by atoms with van der Waals surface area (Å²) in [6, 6.07) is 13.9. The number of fused-ring (bicyclic) bond motifs is 1. The highest BCUT2D eigenvalue weighted by Crippen LogP contribution is 2.33. The van der Waals surface area contributed by atoms with Gasteiger partial charge in [0.15, 0.2) is 11.5 Å². The lowest BCUT2D eigenvalue weighted by atomic mass is 9.95. The van der Waals surface area contributed by atoms with Crippen LogP contribution in [0.1, 0.15) is 51.3 Å². The molecule has 0 atom stereocenters. The molecule has 0 radical (unpaired) electrons. The molecule has 3 aromatic rings. The van der Waals surface area contributed by atoms with Crippen LogP contribution in [0.4, 0.5) is 5.69 Å². The number of benzene rings is 2. The minimum absolute atomic E-state index is 0.0910. The zero-order valence-electron chi connectivity index (χ0n) is 18.7. The minimum atomic E-state index is -0.0910. The Morgan fingerprint density at radius 1 is 1.00 bits per heavy atom. The summed E-state index contributed by atoms with van der Waals surface area (Å²) in [7, 11) is 3.19. The summed E-state index contributed by atoms with van der Waals surface area (Å²) in [6.07, 6.45) is 4.41. The first kappa shape index (κ1) is 21.0. The van der Waals surface area contributed by atoms with Crippen molar-refractivity contribution in [2.45, 2.75) is 46.1 Å². The van der Waals surface area contributed by atoms with Gasteiger partial charge in [-0.2, -0.15) is 0 Å². The lowest BCUT2D eigenvalue weighted by Crippen LogP contribution is -2.20. The molecule has 0 unspecified atom stereocenters. The van der Waals surface area contributed by atoms with Crippen molar-refractivity contribution in [1.82, 2.24) is 4.57 Å². The molecule has 1 aliphatic carbocycles. The second kappa shape index (κ2) is 8.88. The van der Waals surface area contributed by atoms with Crippen molar-refractivity contribution in [1.29, 1.82) is 0 Å². The molecule has 1 N–H and O–H groups in total. The monoisotopic (exact) mass is 418 g/mol. The van der Waals surface area contributed by atoms with E-state index in [1.54, 1.807) is 26.4 Å². The molecule has 31 heavy (non-hydrogen) atoms. The molecule has 0 saturated carbocycles. The smallest absolute Gasteiger partial charge is 0.272 e. The number of hydrogen-bond acceptors (Lipinski definition) is 3. The Morgan fingerprint density at radius 3 is 2.52 bits per heavy atom. The Kier molecular flexibility index (Phi) is 6.03. The number of ether oxygens (including phenoxy) is 2. The highest BCUT2D eigenvalue weighted by atomic mass is 16.5. The van der Waals surface area contributed by atoms with Crippen molar-refractivity contribution < 1.29 is 14.3 Å². The number of nitrogens with one attached hydrogen (secondary N) is 1. The molecule has 0 saturated heterocycles. The number of carbonyl (C=O) groups excluding carboxylic acids is 1. The van der Waals surface area contributed by atoms with E-state index in [1.807, 2.05) is 6.07 Å². The molecule has 0 bridgehead atoms. The lowest BCUT2D eigenvalue weighted by molar-refractivity contribution is 0.101. The predicted octanol–water partition coefficient (Wildman–Crippen LogP) is 5.30. The largest absolute Gasteiger partial charge is 0.493 e. The van der Waals surface area contributed by atoms with E-state index >= 15 is 0 Å². The third-order valence-electron chi connectivity index (χ3n) is 6.12. The van der Waals surface area contributed by atoms with Gasteiger partial charge in [0.25, 0.3) is 5.91 Å². The first-order chi connectivity index (χ1) is 15.0. The maximum absolute atomic E-state index is 13.5. The Labute approximate surface area is 184 Å². The summed E-state index contributed by atoms with van der Waals surface area (Å²) < 4.78 is 12.9. The lowest BCUT2D eigenvalue weighted by Gasteiger charge is -2.17. The van der Waals surface area contributed by atoms with Crippen LogP contribution in [-0.2, 0) is 19.4 Å². The molecule has 5 heteroatoms. The maximum Gasteiger partial charge on any atom is 0.272 e. The van der Waals surface area contributed by atoms with Gasteiger partial charge in [0.1, 0.15) is 5.69 Å². The van der Waals surface area contributed by atoms with Crippen molar-refractivity contribution in [3.63, 3.8) is 0 Å². The molecule has 2 aromatic carbocycles. The number of methoxy groups -OCH3 is 2. The molecule has 5 nitrogen and oxygen atoms in total. The van der Waals surface area contributed by atoms with Crippen LogP contribution in [0.3, 0.4) is 0 Å². The van der Waals surface area contributed by atoms with Gasteiger partial charge < -0.3 is 19.4 Å². The molecule has 1 aliphatic rings. The van der Waals surface area contributed by atoms with Gasteiger partial charge in [-0.05, 0) is 68.4 Å². The maximum atomic E-state index is 13.5. The van der Waals surface area contributed by atoms with Gasteiger partial charge >= 0.3 is 0 Å². The Hall–Kier alpha value is -3.21. The van der Waals surface area contributed by atoms with Gasteiger partial charge in [-0.15, -0.1) is 0 Å². The van der Waals surface area contributed by atoms with Crippen LogP contribution in [0.15, 0.2) is 42.5 Å². The Morgan fingerprint density at radius 2 is 1.77 bits per heavy atom. The van der Waals surface area contributed by atoms with E-state index in [2.05, 4.69) is 48.0 Å². The molecule has 0 fully saturated rings. The Bertz CT molecular complexity index is 1110. The topological polar surface area (TPSA) is 52.5 Å². The van der Waals surface area contributed by atoms with Crippen molar-refractivity contribution in [3.05, 3.63) is 76.1 Å². The van der Waals surface area contributed by atoms with Crippen LogP contribution in [0.25, 0.3) is 0 Å². The fourth-order valence-electron chi connectivity index (χ4n) is 4.64. The van der Waals surface area contributed by atoms with Crippen LogP contribution in [0, 0.1) is 13.8 Å². The quantitative estimate of drug-likeness (QED) is 0.591. The summed E-state index contributed by atoms with van der Waals surface area (Å²) in [5.74, 6) is 1.13. The molecular formula is C26H30N2O3. The van der Waals surface area contributed by atoms with Gasteiger partial charge in [-0.1, -0.05) is 29.8 Å². The molecule has 1 amide bonds. The standard InChI is InChI=1S/C26H30N2O3/c1-17-8-7-9-19(14-17)16-28-22-11-6-5-10-21(22)18(2)25(28)26(29)27-20-12-13-23(30-3)24(15-20)31-4/h7-9,12-15H,5-6,10-11,16H2,1-4H3,(H,27,29). The zero-order chi connectivity index (χ0) is 22.0. The average molecular weight is 419 g/mol. The van der Waals surface area contributed by atoms with Crippen LogP contribution in [0.5, 0.6) is 11.5 Å². The van der Waals surface area contributed by atoms with Gasteiger partial charge in [0.05, 0.1) is 14.2 Å². The fraction of sp³-hybridized carbons (Fsp3) is 0.346. The number of amides is 1. The average Bonchev–Trinajstić information content (AvgIpc) is 3.05. The van der Waals surface area contributed by atoms with Crippen molar-refractivity contribution in [3.8, 4) is 11.5 Å². The summed E-state index contributed by atoms with van der Waals surface area (Å²) in [4.78, 5) is 13.5. The number of aromatic nitrogens is 1. The second-order valence-electron chi connectivity index (χ2n) is 8.21. The first-order valence-electron chi connectivity index (χ1n) is 10.8. The summed E-state index contributed by atoms with van der Waals surface area (Å²) in [5, 5.41) is 3.08. The van der Waals surface area contributed by atoms with E-state index in [9.17, 15) is 4.79 Å². The number of aryl methyl sites for hydroxylation is 1. The molecular weight excluding hydrogens is 388 g/mol. The van der Waals surface area contributed by atoms with E-state index in [-0.39, 0.29) is 5.91 Å². The van der Waals surface area contributed by atoms with E-state index in [0.29, 0.717) is 23.7 Å². The van der Waals surface area contributed by atoms with Crippen LogP contribution in [0.2, 0.25) is 0 Å². The predicted molar refractivity (Wildman–Crippen MR) is 124 cm³/mol. The summed E-state index contributed by atoms with van der Waals surface area (Å²) in [5.41, 5.74) is 7.63. The van der Waals surface area contributed by atoms with Crippen LogP contribution in [-0.4, -0.2) is 24.7 Å². The van der Waals surface area contributed by atoms with E-state index in [4.69, 9.17) is 9.47 Å². The number of nitrogens with zero attached hydrogens (tertiary/aromatic N) is 1. The van der Waals surface area contributed by atoms with Gasteiger partial charge in [0.2, 0.25) is 0 Å². The summed E-state index contributed by atoms with van der Waals surface area (Å²) >= 11 is 0. The van der Waals surface area contributed by atoms with E-state index in [0.717, 1.165) is 24.1 Å². The molecule has 4 rings (SSSR count). The number of rotatable bonds is 6. The molecule has 162 valence electrons. The van der Waals surface area contributed by atoms with E-state index in [1.165, 1.54) is 35.2 Å². The SMILES string of the molecule is COc1ccc(NC(=O)c2c(C)c3c(n2Cc2cccc(C)c2)CCCC3)cc1OC. The summed E-state index contributed by atoms with van der Waals surface area (Å²) in [6.45, 7) is 4.89. The Balaban J connectivity index is 1.71. The van der Waals surface area contributed by atoms with Gasteiger partial charge in [-0.25, -0.2) is 0 Å². The first-order valence-corrected chi connectivity index (χ1v) is 10.8. The molecule has 1 heterocycles. The zero-order valence-corrected chi connectivity index (χ0v) is 18.7. The highest BCUT2D eigenvalue weighted by molar-refractivity contribution is 6.05. The number of carbonyl (C=O) groups is 1.